The summed E-state index contributed by atoms with van der Waals surface area (Å²) >= 11 is 0. The number of carbonyl (C=O) groups excluding carboxylic acids is 1. The average Bonchev–Trinajstić information content (AvgIpc) is 2.16. The maximum atomic E-state index is 13.1. The van der Waals surface area contributed by atoms with Gasteiger partial charge in [-0.15, -0.1) is 12.4 Å². The van der Waals surface area contributed by atoms with Gasteiger partial charge in [0.25, 0.3) is 0 Å². The molecular formula is C9H11ClFNO2. The zero-order valence-electron chi connectivity index (χ0n) is 7.62. The summed E-state index contributed by atoms with van der Waals surface area (Å²) in [5.74, 6) is -1.28. The van der Waals surface area contributed by atoms with Gasteiger partial charge in [0, 0.05) is 6.54 Å². The fraction of sp³-hybridized carbons (Fsp3) is 0.222. The normalized spacial score (nSPS) is 9.07. The van der Waals surface area contributed by atoms with E-state index in [9.17, 15) is 9.18 Å². The van der Waals surface area contributed by atoms with Crippen molar-refractivity contribution in [3.8, 4) is 0 Å². The fourth-order valence-corrected chi connectivity index (χ4v) is 0.961. The van der Waals surface area contributed by atoms with Crippen molar-refractivity contribution in [2.75, 3.05) is 7.11 Å². The van der Waals surface area contributed by atoms with Crippen LogP contribution >= 0.6 is 12.4 Å². The van der Waals surface area contributed by atoms with Gasteiger partial charge in [-0.1, -0.05) is 6.07 Å². The van der Waals surface area contributed by atoms with Crippen LogP contribution < -0.4 is 5.73 Å². The molecule has 2 N–H and O–H groups in total. The molecule has 78 valence electrons. The Balaban J connectivity index is 0.00000169. The molecule has 0 heterocycles. The third kappa shape index (κ3) is 2.68. The summed E-state index contributed by atoms with van der Waals surface area (Å²) in [4.78, 5) is 10.9. The third-order valence-electron chi connectivity index (χ3n) is 1.67. The van der Waals surface area contributed by atoms with Gasteiger partial charge in [-0.3, -0.25) is 0 Å². The molecule has 0 saturated heterocycles. The van der Waals surface area contributed by atoms with E-state index in [1.165, 1.54) is 19.2 Å². The SMILES string of the molecule is COC(=O)c1ccc(CN)cc1F.Cl. The molecule has 0 atom stereocenters. The van der Waals surface area contributed by atoms with E-state index >= 15 is 0 Å². The lowest BCUT2D eigenvalue weighted by molar-refractivity contribution is 0.0595. The number of esters is 1. The van der Waals surface area contributed by atoms with Crippen LogP contribution in [0.25, 0.3) is 0 Å². The van der Waals surface area contributed by atoms with Gasteiger partial charge in [0.15, 0.2) is 0 Å². The minimum absolute atomic E-state index is 0. The number of nitrogens with two attached hydrogens (primary N) is 1. The van der Waals surface area contributed by atoms with Gasteiger partial charge in [0.05, 0.1) is 12.7 Å². The maximum Gasteiger partial charge on any atom is 0.340 e. The van der Waals surface area contributed by atoms with Gasteiger partial charge in [-0.25, -0.2) is 9.18 Å². The quantitative estimate of drug-likeness (QED) is 0.767. The van der Waals surface area contributed by atoms with Crippen LogP contribution in [-0.4, -0.2) is 13.1 Å². The highest BCUT2D eigenvalue weighted by molar-refractivity contribution is 5.89. The van der Waals surface area contributed by atoms with Crippen LogP contribution in [-0.2, 0) is 11.3 Å². The number of ether oxygens (including phenoxy) is 1. The Kier molecular flexibility index (Phi) is 5.12. The van der Waals surface area contributed by atoms with E-state index in [0.29, 0.717) is 5.56 Å². The number of methoxy groups -OCH3 is 1. The Morgan fingerprint density at radius 3 is 2.64 bits per heavy atom. The minimum Gasteiger partial charge on any atom is -0.465 e. The smallest absolute Gasteiger partial charge is 0.340 e. The zero-order valence-corrected chi connectivity index (χ0v) is 8.44. The number of rotatable bonds is 2. The van der Waals surface area contributed by atoms with E-state index in [4.69, 9.17) is 5.73 Å². The lowest BCUT2D eigenvalue weighted by Gasteiger charge is -2.02. The summed E-state index contributed by atoms with van der Waals surface area (Å²) in [6.45, 7) is 0.248. The van der Waals surface area contributed by atoms with Crippen molar-refractivity contribution >= 4 is 18.4 Å². The Morgan fingerprint density at radius 1 is 1.57 bits per heavy atom. The lowest BCUT2D eigenvalue weighted by atomic mass is 10.1. The first-order valence-electron chi connectivity index (χ1n) is 3.76. The summed E-state index contributed by atoms with van der Waals surface area (Å²) in [6, 6.07) is 4.19. The first kappa shape index (κ1) is 12.9. The van der Waals surface area contributed by atoms with Gasteiger partial charge in [-0.2, -0.15) is 0 Å². The van der Waals surface area contributed by atoms with Crippen molar-refractivity contribution in [3.63, 3.8) is 0 Å². The molecule has 0 unspecified atom stereocenters. The van der Waals surface area contributed by atoms with Crippen LogP contribution in [0.1, 0.15) is 15.9 Å². The second-order valence-electron chi connectivity index (χ2n) is 2.51. The molecule has 0 spiro atoms. The topological polar surface area (TPSA) is 52.3 Å². The number of carbonyl (C=O) groups is 1. The number of hydrogen-bond donors (Lipinski definition) is 1. The van der Waals surface area contributed by atoms with Gasteiger partial charge < -0.3 is 10.5 Å². The molecule has 0 aromatic heterocycles. The van der Waals surface area contributed by atoms with Crippen molar-refractivity contribution in [1.29, 1.82) is 0 Å². The van der Waals surface area contributed by atoms with E-state index in [1.54, 1.807) is 6.07 Å². The summed E-state index contributed by atoms with van der Waals surface area (Å²) in [5.41, 5.74) is 5.87. The molecule has 1 aromatic carbocycles. The summed E-state index contributed by atoms with van der Waals surface area (Å²) in [6.07, 6.45) is 0. The predicted molar refractivity (Wildman–Crippen MR) is 52.9 cm³/mol. The minimum atomic E-state index is -0.680. The second kappa shape index (κ2) is 5.57. The standard InChI is InChI=1S/C9H10FNO2.ClH/c1-13-9(12)7-3-2-6(5-11)4-8(7)10;/h2-4H,5,11H2,1H3;1H. The van der Waals surface area contributed by atoms with Crippen molar-refractivity contribution in [2.45, 2.75) is 6.54 Å². The van der Waals surface area contributed by atoms with E-state index in [2.05, 4.69) is 4.74 Å². The zero-order chi connectivity index (χ0) is 9.84. The number of benzene rings is 1. The highest BCUT2D eigenvalue weighted by Crippen LogP contribution is 2.10. The molecule has 14 heavy (non-hydrogen) atoms. The molecule has 5 heteroatoms. The Labute approximate surface area is 87.5 Å². The number of halogens is 2. The molecule has 0 bridgehead atoms. The molecule has 0 fully saturated rings. The molecule has 0 amide bonds. The van der Waals surface area contributed by atoms with Gasteiger partial charge in [-0.05, 0) is 17.7 Å². The molecule has 1 rings (SSSR count). The van der Waals surface area contributed by atoms with E-state index in [0.717, 1.165) is 0 Å². The van der Waals surface area contributed by atoms with Crippen LogP contribution in [0, 0.1) is 5.82 Å². The summed E-state index contributed by atoms with van der Waals surface area (Å²) < 4.78 is 17.5. The van der Waals surface area contributed by atoms with E-state index < -0.39 is 11.8 Å². The molecule has 0 aliphatic rings. The van der Waals surface area contributed by atoms with Crippen LogP contribution in [0.2, 0.25) is 0 Å². The van der Waals surface area contributed by atoms with Crippen molar-refractivity contribution in [2.24, 2.45) is 5.73 Å². The first-order chi connectivity index (χ1) is 6.19. The third-order valence-corrected chi connectivity index (χ3v) is 1.67. The van der Waals surface area contributed by atoms with Gasteiger partial charge in [0.2, 0.25) is 0 Å². The first-order valence-corrected chi connectivity index (χ1v) is 3.76. The maximum absolute atomic E-state index is 13.1. The Morgan fingerprint density at radius 2 is 2.21 bits per heavy atom. The molecule has 3 nitrogen and oxygen atoms in total. The molecular weight excluding hydrogens is 209 g/mol. The lowest BCUT2D eigenvalue weighted by Crippen LogP contribution is -2.06. The molecule has 1 aromatic rings. The van der Waals surface area contributed by atoms with Gasteiger partial charge in [0.1, 0.15) is 5.82 Å². The van der Waals surface area contributed by atoms with Crippen LogP contribution in [0.4, 0.5) is 4.39 Å². The predicted octanol–water partition coefficient (Wildman–Crippen LogP) is 1.49. The summed E-state index contributed by atoms with van der Waals surface area (Å²) in [7, 11) is 1.21. The Hall–Kier alpha value is -1.13. The van der Waals surface area contributed by atoms with Crippen LogP contribution in [0.3, 0.4) is 0 Å². The largest absolute Gasteiger partial charge is 0.465 e. The fourth-order valence-electron chi connectivity index (χ4n) is 0.961. The molecule has 0 radical (unpaired) electrons. The highest BCUT2D eigenvalue weighted by atomic mass is 35.5. The second-order valence-corrected chi connectivity index (χ2v) is 2.51. The molecule has 0 aliphatic heterocycles. The van der Waals surface area contributed by atoms with E-state index in [1.807, 2.05) is 0 Å². The summed E-state index contributed by atoms with van der Waals surface area (Å²) in [5, 5.41) is 0. The monoisotopic (exact) mass is 219 g/mol. The molecule has 0 saturated carbocycles. The Bertz CT molecular complexity index is 331. The van der Waals surface area contributed by atoms with Crippen molar-refractivity contribution in [3.05, 3.63) is 35.1 Å². The van der Waals surface area contributed by atoms with Crippen LogP contribution in [0.15, 0.2) is 18.2 Å². The van der Waals surface area contributed by atoms with E-state index in [-0.39, 0.29) is 24.5 Å². The van der Waals surface area contributed by atoms with Crippen molar-refractivity contribution in [1.82, 2.24) is 0 Å². The highest BCUT2D eigenvalue weighted by Gasteiger charge is 2.11. The average molecular weight is 220 g/mol. The van der Waals surface area contributed by atoms with Crippen LogP contribution in [0.5, 0.6) is 0 Å². The van der Waals surface area contributed by atoms with Gasteiger partial charge >= 0.3 is 5.97 Å². The number of hydrogen-bond acceptors (Lipinski definition) is 3. The van der Waals surface area contributed by atoms with Crippen molar-refractivity contribution < 1.29 is 13.9 Å². The molecule has 0 aliphatic carbocycles.